The Morgan fingerprint density at radius 3 is 2.73 bits per heavy atom. The van der Waals surface area contributed by atoms with Crippen LogP contribution in [0.25, 0.3) is 11.0 Å². The lowest BCUT2D eigenvalue weighted by Gasteiger charge is -2.14. The molecule has 1 N–H and O–H groups in total. The third-order valence-electron chi connectivity index (χ3n) is 3.94. The molecule has 0 aliphatic heterocycles. The molecule has 1 aromatic carbocycles. The summed E-state index contributed by atoms with van der Waals surface area (Å²) < 4.78 is 6.86. The summed E-state index contributed by atoms with van der Waals surface area (Å²) in [6, 6.07) is 10.1. The third kappa shape index (κ3) is 3.94. The second-order valence-corrected chi connectivity index (χ2v) is 5.84. The number of aliphatic hydroxyl groups excluding tert-OH is 1. The number of rotatable bonds is 7. The van der Waals surface area contributed by atoms with Gasteiger partial charge in [0.15, 0.2) is 11.4 Å². The molecule has 0 unspecified atom stereocenters. The highest BCUT2D eigenvalue weighted by Gasteiger charge is 2.11. The Morgan fingerprint density at radius 1 is 1.23 bits per heavy atom. The molecular formula is C19H19N3O4. The topological polar surface area (TPSA) is 94.3 Å². The molecule has 2 aromatic heterocycles. The zero-order chi connectivity index (χ0) is 18.5. The summed E-state index contributed by atoms with van der Waals surface area (Å²) >= 11 is 0. The van der Waals surface area contributed by atoms with Crippen molar-refractivity contribution in [2.75, 3.05) is 6.61 Å². The molecule has 0 radical (unpaired) electrons. The summed E-state index contributed by atoms with van der Waals surface area (Å²) in [4.78, 5) is 32.1. The van der Waals surface area contributed by atoms with Crippen LogP contribution in [0, 0.1) is 0 Å². The molecule has 0 saturated carbocycles. The fourth-order valence-corrected chi connectivity index (χ4v) is 2.54. The van der Waals surface area contributed by atoms with Gasteiger partial charge in [0, 0.05) is 18.2 Å². The minimum atomic E-state index is -0.888. The van der Waals surface area contributed by atoms with Gasteiger partial charge in [0.05, 0.1) is 11.9 Å². The van der Waals surface area contributed by atoms with Crippen LogP contribution in [0.4, 0.5) is 0 Å². The summed E-state index contributed by atoms with van der Waals surface area (Å²) in [6.07, 6.45) is 2.50. The van der Waals surface area contributed by atoms with Gasteiger partial charge in [-0.1, -0.05) is 6.92 Å². The average Bonchev–Trinajstić information content (AvgIpc) is 2.68. The Bertz CT molecular complexity index is 966. The number of hydrogen-bond donors (Lipinski definition) is 1. The van der Waals surface area contributed by atoms with Crippen LogP contribution < -0.4 is 10.3 Å². The number of nitrogens with zero attached hydrogens (tertiary/aromatic N) is 3. The zero-order valence-corrected chi connectivity index (χ0v) is 14.3. The van der Waals surface area contributed by atoms with Gasteiger partial charge in [0.25, 0.3) is 5.56 Å². The van der Waals surface area contributed by atoms with Crippen LogP contribution in [0.15, 0.2) is 53.7 Å². The van der Waals surface area contributed by atoms with Crippen molar-refractivity contribution in [1.29, 1.82) is 0 Å². The van der Waals surface area contributed by atoms with Crippen molar-refractivity contribution < 1.29 is 14.6 Å². The lowest BCUT2D eigenvalue weighted by Crippen LogP contribution is -2.30. The van der Waals surface area contributed by atoms with Crippen molar-refractivity contribution in [3.05, 3.63) is 64.8 Å². The molecule has 7 heteroatoms. The number of benzene rings is 1. The Hall–Kier alpha value is -3.06. The van der Waals surface area contributed by atoms with Crippen LogP contribution in [0.2, 0.25) is 0 Å². The van der Waals surface area contributed by atoms with E-state index < -0.39 is 6.10 Å². The van der Waals surface area contributed by atoms with E-state index in [1.54, 1.807) is 42.6 Å². The first-order valence-corrected chi connectivity index (χ1v) is 8.32. The second-order valence-electron chi connectivity index (χ2n) is 5.84. The van der Waals surface area contributed by atoms with Gasteiger partial charge in [-0.05, 0) is 36.4 Å². The van der Waals surface area contributed by atoms with E-state index >= 15 is 0 Å². The number of pyridine rings is 1. The maximum absolute atomic E-state index is 12.4. The van der Waals surface area contributed by atoms with E-state index in [4.69, 9.17) is 4.74 Å². The molecule has 3 aromatic rings. The van der Waals surface area contributed by atoms with Crippen LogP contribution in [-0.2, 0) is 6.54 Å². The molecule has 0 saturated heterocycles. The normalized spacial score (nSPS) is 12.1. The summed E-state index contributed by atoms with van der Waals surface area (Å²) in [6.45, 7) is 1.88. The van der Waals surface area contributed by atoms with Gasteiger partial charge in [0.1, 0.15) is 24.8 Å². The van der Waals surface area contributed by atoms with Crippen LogP contribution >= 0.6 is 0 Å². The molecule has 0 aliphatic rings. The Morgan fingerprint density at radius 2 is 2.00 bits per heavy atom. The van der Waals surface area contributed by atoms with Crippen LogP contribution in [0.5, 0.6) is 5.75 Å². The van der Waals surface area contributed by atoms with Crippen molar-refractivity contribution in [3.8, 4) is 5.75 Å². The van der Waals surface area contributed by atoms with E-state index in [0.29, 0.717) is 28.8 Å². The third-order valence-corrected chi connectivity index (χ3v) is 3.94. The minimum Gasteiger partial charge on any atom is -0.491 e. The summed E-state index contributed by atoms with van der Waals surface area (Å²) in [5.74, 6) is 0.610. The van der Waals surface area contributed by atoms with Gasteiger partial charge in [0.2, 0.25) is 0 Å². The van der Waals surface area contributed by atoms with E-state index in [0.717, 1.165) is 0 Å². The number of hydrogen-bond acceptors (Lipinski definition) is 6. The first kappa shape index (κ1) is 17.8. The summed E-state index contributed by atoms with van der Waals surface area (Å²) in [7, 11) is 0. The number of aliphatic hydroxyl groups is 1. The Kier molecular flexibility index (Phi) is 5.38. The Labute approximate surface area is 149 Å². The lowest BCUT2D eigenvalue weighted by molar-refractivity contribution is 0.0913. The molecule has 7 nitrogen and oxygen atoms in total. The van der Waals surface area contributed by atoms with E-state index in [1.807, 2.05) is 6.92 Å². The number of ketones is 1. The monoisotopic (exact) mass is 353 g/mol. The number of carbonyl (C=O) groups is 1. The fourth-order valence-electron chi connectivity index (χ4n) is 2.54. The van der Waals surface area contributed by atoms with Gasteiger partial charge >= 0.3 is 0 Å². The maximum Gasteiger partial charge on any atom is 0.262 e. The van der Waals surface area contributed by atoms with Gasteiger partial charge in [-0.3, -0.25) is 14.2 Å². The van der Waals surface area contributed by atoms with Gasteiger partial charge in [-0.15, -0.1) is 0 Å². The highest BCUT2D eigenvalue weighted by Crippen LogP contribution is 2.14. The first-order chi connectivity index (χ1) is 12.6. The molecule has 3 rings (SSSR count). The summed E-state index contributed by atoms with van der Waals surface area (Å²) in [5, 5.41) is 10.6. The van der Waals surface area contributed by atoms with Crippen LogP contribution in [0.3, 0.4) is 0 Å². The number of carbonyl (C=O) groups excluding carboxylic acids is 1. The smallest absolute Gasteiger partial charge is 0.262 e. The largest absolute Gasteiger partial charge is 0.491 e. The molecular weight excluding hydrogens is 334 g/mol. The molecule has 0 aliphatic carbocycles. The standard InChI is InChI=1S/C19H19N3O4/c1-2-17(24)13-5-7-15(8-6-13)26-11-14(23)10-22-12-21-18-16(19(22)25)4-3-9-20-18/h3-9,12,14,23H,2,10-11H2,1H3/t14-/m0/s1. The quantitative estimate of drug-likeness (QED) is 0.651. The summed E-state index contributed by atoms with van der Waals surface area (Å²) in [5.41, 5.74) is 0.744. The van der Waals surface area contributed by atoms with E-state index in [9.17, 15) is 14.7 Å². The zero-order valence-electron chi connectivity index (χ0n) is 14.3. The molecule has 1 atom stereocenters. The number of fused-ring (bicyclic) bond motifs is 1. The molecule has 0 spiro atoms. The van der Waals surface area contributed by atoms with Gasteiger partial charge in [-0.2, -0.15) is 0 Å². The van der Waals surface area contributed by atoms with E-state index in [2.05, 4.69) is 9.97 Å². The molecule has 0 fully saturated rings. The fraction of sp³-hybridized carbons (Fsp3) is 0.263. The highest BCUT2D eigenvalue weighted by atomic mass is 16.5. The van der Waals surface area contributed by atoms with Gasteiger partial charge in [-0.25, -0.2) is 9.97 Å². The molecule has 26 heavy (non-hydrogen) atoms. The molecule has 0 bridgehead atoms. The lowest BCUT2D eigenvalue weighted by atomic mass is 10.1. The Balaban J connectivity index is 1.62. The maximum atomic E-state index is 12.4. The SMILES string of the molecule is CCC(=O)c1ccc(OC[C@@H](O)Cn2cnc3ncccc3c2=O)cc1. The van der Waals surface area contributed by atoms with Crippen molar-refractivity contribution >= 4 is 16.8 Å². The predicted octanol–water partition coefficient (Wildman–Crippen LogP) is 1.82. The minimum absolute atomic E-state index is 0.0125. The molecule has 134 valence electrons. The van der Waals surface area contributed by atoms with Crippen molar-refractivity contribution in [2.45, 2.75) is 26.0 Å². The first-order valence-electron chi connectivity index (χ1n) is 8.32. The number of aromatic nitrogens is 3. The van der Waals surface area contributed by atoms with Crippen LogP contribution in [0.1, 0.15) is 23.7 Å². The molecule has 2 heterocycles. The van der Waals surface area contributed by atoms with Crippen LogP contribution in [-0.4, -0.2) is 38.1 Å². The van der Waals surface area contributed by atoms with Crippen molar-refractivity contribution in [2.24, 2.45) is 0 Å². The predicted molar refractivity (Wildman–Crippen MR) is 96.4 cm³/mol. The van der Waals surface area contributed by atoms with Gasteiger partial charge < -0.3 is 9.84 Å². The second kappa shape index (κ2) is 7.88. The average molecular weight is 353 g/mol. The van der Waals surface area contributed by atoms with E-state index in [1.165, 1.54) is 10.9 Å². The van der Waals surface area contributed by atoms with Crippen molar-refractivity contribution in [1.82, 2.24) is 14.5 Å². The molecule has 0 amide bonds. The number of ether oxygens (including phenoxy) is 1. The van der Waals surface area contributed by atoms with E-state index in [-0.39, 0.29) is 24.5 Å². The number of Topliss-reactive ketones (excluding diaryl/α,β-unsaturated/α-hetero) is 1. The highest BCUT2D eigenvalue weighted by molar-refractivity contribution is 5.95. The van der Waals surface area contributed by atoms with Crippen molar-refractivity contribution in [3.63, 3.8) is 0 Å².